The Hall–Kier alpha value is -3.15. The second kappa shape index (κ2) is 4.70. The van der Waals surface area contributed by atoms with E-state index in [4.69, 9.17) is 0 Å². The zero-order valence-corrected chi connectivity index (χ0v) is 11.8. The molecular weight excluding hydrogens is 278 g/mol. The highest BCUT2D eigenvalue weighted by Gasteiger charge is 2.07. The van der Waals surface area contributed by atoms with Crippen LogP contribution in [-0.2, 0) is 0 Å². The van der Waals surface area contributed by atoms with Gasteiger partial charge >= 0.3 is 0 Å². The van der Waals surface area contributed by atoms with Gasteiger partial charge in [0, 0.05) is 23.0 Å². The lowest BCUT2D eigenvalue weighted by molar-refractivity contribution is 1.12. The maximum Gasteiger partial charge on any atom is 0.256 e. The minimum Gasteiger partial charge on any atom is -0.337 e. The van der Waals surface area contributed by atoms with E-state index < -0.39 is 0 Å². The Kier molecular flexibility index (Phi) is 2.69. The molecule has 0 bridgehead atoms. The van der Waals surface area contributed by atoms with Crippen molar-refractivity contribution in [2.75, 3.05) is 5.32 Å². The molecule has 3 heterocycles. The fourth-order valence-corrected chi connectivity index (χ4v) is 2.56. The zero-order valence-electron chi connectivity index (χ0n) is 11.8. The molecule has 0 aliphatic heterocycles. The predicted octanol–water partition coefficient (Wildman–Crippen LogP) is 2.85. The summed E-state index contributed by atoms with van der Waals surface area (Å²) in [6.07, 6.45) is 1.73. The number of rotatable bonds is 2. The van der Waals surface area contributed by atoms with Crippen molar-refractivity contribution in [2.24, 2.45) is 0 Å². The third kappa shape index (κ3) is 2.01. The van der Waals surface area contributed by atoms with Gasteiger partial charge < -0.3 is 10.3 Å². The number of aromatic nitrogens is 4. The Morgan fingerprint density at radius 1 is 1.18 bits per heavy atom. The second-order valence-electron chi connectivity index (χ2n) is 5.18. The quantitative estimate of drug-likeness (QED) is 0.530. The summed E-state index contributed by atoms with van der Waals surface area (Å²) in [7, 11) is 0. The molecule has 22 heavy (non-hydrogen) atoms. The van der Waals surface area contributed by atoms with Crippen LogP contribution < -0.4 is 10.9 Å². The van der Waals surface area contributed by atoms with Crippen LogP contribution in [0.1, 0.15) is 5.69 Å². The second-order valence-corrected chi connectivity index (χ2v) is 5.18. The van der Waals surface area contributed by atoms with Crippen molar-refractivity contribution in [1.82, 2.24) is 20.2 Å². The first-order valence-electron chi connectivity index (χ1n) is 6.90. The number of aryl methyl sites for hydroxylation is 1. The van der Waals surface area contributed by atoms with Crippen molar-refractivity contribution in [3.05, 3.63) is 58.6 Å². The summed E-state index contributed by atoms with van der Waals surface area (Å²) in [6.45, 7) is 1.87. The van der Waals surface area contributed by atoms with E-state index >= 15 is 0 Å². The highest BCUT2D eigenvalue weighted by molar-refractivity contribution is 5.90. The lowest BCUT2D eigenvalue weighted by atomic mass is 10.1. The zero-order chi connectivity index (χ0) is 15.1. The molecule has 0 saturated heterocycles. The third-order valence-electron chi connectivity index (χ3n) is 3.56. The number of benzene rings is 1. The summed E-state index contributed by atoms with van der Waals surface area (Å²) in [6, 6.07) is 11.3. The van der Waals surface area contributed by atoms with Gasteiger partial charge in [0.25, 0.3) is 5.56 Å². The van der Waals surface area contributed by atoms with Crippen LogP contribution in [0.25, 0.3) is 21.8 Å². The van der Waals surface area contributed by atoms with Crippen molar-refractivity contribution in [2.45, 2.75) is 6.92 Å². The Morgan fingerprint density at radius 2 is 2.09 bits per heavy atom. The van der Waals surface area contributed by atoms with Gasteiger partial charge in [-0.1, -0.05) is 0 Å². The van der Waals surface area contributed by atoms with E-state index in [0.29, 0.717) is 11.2 Å². The van der Waals surface area contributed by atoms with E-state index in [1.165, 1.54) is 0 Å². The number of hydrogen-bond acceptors (Lipinski definition) is 4. The molecule has 0 aliphatic rings. The SMILES string of the molecule is Cc1cc2cc(Nc3n[nH]c4cccnc34)ccc2c(=O)[nH]1. The van der Waals surface area contributed by atoms with E-state index in [1.807, 2.05) is 37.3 Å². The van der Waals surface area contributed by atoms with E-state index in [9.17, 15) is 4.79 Å². The van der Waals surface area contributed by atoms with Crippen LogP contribution in [0.4, 0.5) is 11.5 Å². The van der Waals surface area contributed by atoms with Gasteiger partial charge in [-0.2, -0.15) is 5.10 Å². The summed E-state index contributed by atoms with van der Waals surface area (Å²) in [5, 5.41) is 12.0. The number of hydrogen-bond donors (Lipinski definition) is 3. The van der Waals surface area contributed by atoms with Gasteiger partial charge in [-0.15, -0.1) is 0 Å². The van der Waals surface area contributed by atoms with Gasteiger partial charge in [-0.05, 0) is 48.7 Å². The maximum atomic E-state index is 11.9. The lowest BCUT2D eigenvalue weighted by Crippen LogP contribution is -2.07. The average Bonchev–Trinajstić information content (AvgIpc) is 2.90. The van der Waals surface area contributed by atoms with Crippen molar-refractivity contribution in [3.63, 3.8) is 0 Å². The van der Waals surface area contributed by atoms with Crippen LogP contribution >= 0.6 is 0 Å². The molecule has 6 heteroatoms. The topological polar surface area (TPSA) is 86.5 Å². The molecule has 6 nitrogen and oxygen atoms in total. The fraction of sp³-hybridized carbons (Fsp3) is 0.0625. The van der Waals surface area contributed by atoms with Crippen molar-refractivity contribution in [1.29, 1.82) is 0 Å². The van der Waals surface area contributed by atoms with Gasteiger partial charge in [-0.3, -0.25) is 14.9 Å². The summed E-state index contributed by atoms with van der Waals surface area (Å²) in [4.78, 5) is 19.0. The molecule has 4 aromatic rings. The molecule has 0 radical (unpaired) electrons. The average molecular weight is 291 g/mol. The standard InChI is InChI=1S/C16H13N5O/c1-9-7-10-8-11(4-5-12(10)16(22)18-9)19-15-14-13(20-21-15)3-2-6-17-14/h2-8H,1H3,(H,18,22)(H2,19,20,21). The fourth-order valence-electron chi connectivity index (χ4n) is 2.56. The summed E-state index contributed by atoms with van der Waals surface area (Å²) in [5.74, 6) is 0.663. The Labute approximate surface area is 125 Å². The Balaban J connectivity index is 1.80. The van der Waals surface area contributed by atoms with Crippen LogP contribution in [-0.4, -0.2) is 20.2 Å². The molecule has 0 spiro atoms. The molecule has 0 aliphatic carbocycles. The normalized spacial score (nSPS) is 11.1. The molecular formula is C16H13N5O. The number of H-pyrrole nitrogens is 2. The summed E-state index contributed by atoms with van der Waals surface area (Å²) in [5.41, 5.74) is 3.27. The Morgan fingerprint density at radius 3 is 3.00 bits per heavy atom. The van der Waals surface area contributed by atoms with Gasteiger partial charge in [0.2, 0.25) is 0 Å². The number of fused-ring (bicyclic) bond motifs is 2. The van der Waals surface area contributed by atoms with Gasteiger partial charge in [-0.25, -0.2) is 0 Å². The largest absolute Gasteiger partial charge is 0.337 e. The van der Waals surface area contributed by atoms with E-state index in [0.717, 1.165) is 27.8 Å². The predicted molar refractivity (Wildman–Crippen MR) is 86.5 cm³/mol. The van der Waals surface area contributed by atoms with Gasteiger partial charge in [0.15, 0.2) is 5.82 Å². The highest BCUT2D eigenvalue weighted by atomic mass is 16.1. The molecule has 0 atom stereocenters. The van der Waals surface area contributed by atoms with E-state index in [1.54, 1.807) is 12.3 Å². The molecule has 0 saturated carbocycles. The first-order chi connectivity index (χ1) is 10.7. The maximum absolute atomic E-state index is 11.9. The number of nitrogens with one attached hydrogen (secondary N) is 3. The van der Waals surface area contributed by atoms with Crippen molar-refractivity contribution in [3.8, 4) is 0 Å². The van der Waals surface area contributed by atoms with E-state index in [-0.39, 0.29) is 5.56 Å². The minimum absolute atomic E-state index is 0.0755. The number of pyridine rings is 2. The van der Waals surface area contributed by atoms with Crippen LogP contribution in [0, 0.1) is 6.92 Å². The minimum atomic E-state index is -0.0755. The molecule has 4 rings (SSSR count). The molecule has 108 valence electrons. The third-order valence-corrected chi connectivity index (χ3v) is 3.56. The lowest BCUT2D eigenvalue weighted by Gasteiger charge is -2.05. The van der Waals surface area contributed by atoms with Crippen LogP contribution in [0.2, 0.25) is 0 Å². The van der Waals surface area contributed by atoms with Gasteiger partial charge in [0.05, 0.1) is 5.52 Å². The van der Waals surface area contributed by atoms with Crippen molar-refractivity contribution >= 4 is 33.3 Å². The van der Waals surface area contributed by atoms with Gasteiger partial charge in [0.1, 0.15) is 5.52 Å². The molecule has 3 N–H and O–H groups in total. The number of nitrogens with zero attached hydrogens (tertiary/aromatic N) is 2. The smallest absolute Gasteiger partial charge is 0.256 e. The van der Waals surface area contributed by atoms with Crippen LogP contribution in [0.3, 0.4) is 0 Å². The van der Waals surface area contributed by atoms with E-state index in [2.05, 4.69) is 25.5 Å². The number of aromatic amines is 2. The van der Waals surface area contributed by atoms with Crippen LogP contribution in [0.15, 0.2) is 47.4 Å². The summed E-state index contributed by atoms with van der Waals surface area (Å²) >= 11 is 0. The molecule has 3 aromatic heterocycles. The molecule has 0 fully saturated rings. The number of anilines is 2. The molecule has 0 unspecified atom stereocenters. The van der Waals surface area contributed by atoms with Crippen LogP contribution in [0.5, 0.6) is 0 Å². The highest BCUT2D eigenvalue weighted by Crippen LogP contribution is 2.24. The van der Waals surface area contributed by atoms with Crippen molar-refractivity contribution < 1.29 is 0 Å². The monoisotopic (exact) mass is 291 g/mol. The first-order valence-corrected chi connectivity index (χ1v) is 6.90. The molecule has 1 aromatic carbocycles. The molecule has 0 amide bonds. The Bertz CT molecular complexity index is 1050. The summed E-state index contributed by atoms with van der Waals surface area (Å²) < 4.78 is 0. The first kappa shape index (κ1) is 12.6.